The SMILES string of the molecule is Cn1nc(N2CCNCC2)nc1C1CCC1. The van der Waals surface area contributed by atoms with Crippen LogP contribution < -0.4 is 10.2 Å². The molecule has 0 spiro atoms. The van der Waals surface area contributed by atoms with Crippen LogP contribution in [0.25, 0.3) is 0 Å². The van der Waals surface area contributed by atoms with E-state index in [4.69, 9.17) is 4.98 Å². The van der Waals surface area contributed by atoms with Gasteiger partial charge in [0.25, 0.3) is 0 Å². The van der Waals surface area contributed by atoms with Crippen LogP contribution in [0.1, 0.15) is 31.0 Å². The molecule has 0 atom stereocenters. The summed E-state index contributed by atoms with van der Waals surface area (Å²) in [6, 6.07) is 0. The van der Waals surface area contributed by atoms with Crippen molar-refractivity contribution >= 4 is 5.95 Å². The van der Waals surface area contributed by atoms with E-state index < -0.39 is 0 Å². The van der Waals surface area contributed by atoms with Crippen molar-refractivity contribution < 1.29 is 0 Å². The van der Waals surface area contributed by atoms with Crippen molar-refractivity contribution in [3.8, 4) is 0 Å². The number of anilines is 1. The van der Waals surface area contributed by atoms with Crippen molar-refractivity contribution in [3.63, 3.8) is 0 Å². The lowest BCUT2D eigenvalue weighted by Gasteiger charge is -2.26. The van der Waals surface area contributed by atoms with Crippen LogP contribution >= 0.6 is 0 Å². The highest BCUT2D eigenvalue weighted by molar-refractivity contribution is 5.30. The van der Waals surface area contributed by atoms with Crippen molar-refractivity contribution in [1.29, 1.82) is 0 Å². The molecule has 1 saturated carbocycles. The summed E-state index contributed by atoms with van der Waals surface area (Å²) in [6.45, 7) is 4.12. The van der Waals surface area contributed by atoms with Crippen LogP contribution in [0.3, 0.4) is 0 Å². The maximum atomic E-state index is 4.71. The van der Waals surface area contributed by atoms with Crippen LogP contribution in [0.15, 0.2) is 0 Å². The summed E-state index contributed by atoms with van der Waals surface area (Å²) in [5, 5.41) is 7.89. The lowest BCUT2D eigenvalue weighted by atomic mass is 9.85. The number of rotatable bonds is 2. The van der Waals surface area contributed by atoms with Gasteiger partial charge in [-0.15, -0.1) is 5.10 Å². The third-order valence-electron chi connectivity index (χ3n) is 3.66. The molecular formula is C11H19N5. The molecule has 2 heterocycles. The van der Waals surface area contributed by atoms with E-state index in [1.165, 1.54) is 25.1 Å². The van der Waals surface area contributed by atoms with Gasteiger partial charge in [0, 0.05) is 39.1 Å². The molecule has 0 unspecified atom stereocenters. The van der Waals surface area contributed by atoms with Crippen LogP contribution in [-0.2, 0) is 7.05 Å². The van der Waals surface area contributed by atoms with E-state index in [0.29, 0.717) is 5.92 Å². The molecule has 2 aliphatic rings. The Bertz CT molecular complexity index is 362. The molecule has 1 aromatic rings. The van der Waals surface area contributed by atoms with Gasteiger partial charge >= 0.3 is 0 Å². The highest BCUT2D eigenvalue weighted by Crippen LogP contribution is 2.35. The molecule has 1 aliphatic carbocycles. The Morgan fingerprint density at radius 3 is 2.62 bits per heavy atom. The molecule has 2 fully saturated rings. The quantitative estimate of drug-likeness (QED) is 0.789. The Hall–Kier alpha value is -1.10. The molecule has 0 radical (unpaired) electrons. The second-order valence-corrected chi connectivity index (χ2v) is 4.76. The van der Waals surface area contributed by atoms with Gasteiger partial charge in [0.05, 0.1) is 0 Å². The molecular weight excluding hydrogens is 202 g/mol. The third-order valence-corrected chi connectivity index (χ3v) is 3.66. The average molecular weight is 221 g/mol. The Balaban J connectivity index is 1.79. The molecule has 1 saturated heterocycles. The highest BCUT2D eigenvalue weighted by Gasteiger charge is 2.26. The number of piperazine rings is 1. The molecule has 5 nitrogen and oxygen atoms in total. The van der Waals surface area contributed by atoms with Crippen molar-refractivity contribution in [2.24, 2.45) is 7.05 Å². The second-order valence-electron chi connectivity index (χ2n) is 4.76. The van der Waals surface area contributed by atoms with Gasteiger partial charge in [-0.25, -0.2) is 0 Å². The summed E-state index contributed by atoms with van der Waals surface area (Å²) in [7, 11) is 2.02. The number of aromatic nitrogens is 3. The fourth-order valence-corrected chi connectivity index (χ4v) is 2.40. The predicted octanol–water partition coefficient (Wildman–Crippen LogP) is 0.492. The van der Waals surface area contributed by atoms with Crippen LogP contribution in [0.5, 0.6) is 0 Å². The van der Waals surface area contributed by atoms with Gasteiger partial charge < -0.3 is 10.2 Å². The first kappa shape index (κ1) is 10.1. The number of nitrogens with one attached hydrogen (secondary N) is 1. The van der Waals surface area contributed by atoms with E-state index in [1.54, 1.807) is 0 Å². The second kappa shape index (κ2) is 4.05. The first-order valence-electron chi connectivity index (χ1n) is 6.21. The Morgan fingerprint density at radius 2 is 2.00 bits per heavy atom. The normalized spacial score (nSPS) is 22.2. The number of aryl methyl sites for hydroxylation is 1. The average Bonchev–Trinajstić information content (AvgIpc) is 2.60. The highest BCUT2D eigenvalue weighted by atomic mass is 15.4. The van der Waals surface area contributed by atoms with E-state index in [0.717, 1.165) is 32.1 Å². The largest absolute Gasteiger partial charge is 0.337 e. The van der Waals surface area contributed by atoms with Crippen molar-refractivity contribution in [3.05, 3.63) is 5.82 Å². The monoisotopic (exact) mass is 221 g/mol. The lowest BCUT2D eigenvalue weighted by molar-refractivity contribution is 0.388. The van der Waals surface area contributed by atoms with E-state index in [1.807, 2.05) is 11.7 Å². The first-order valence-corrected chi connectivity index (χ1v) is 6.21. The van der Waals surface area contributed by atoms with E-state index in [9.17, 15) is 0 Å². The summed E-state index contributed by atoms with van der Waals surface area (Å²) in [5.74, 6) is 2.76. The van der Waals surface area contributed by atoms with Gasteiger partial charge in [0.2, 0.25) is 5.95 Å². The van der Waals surface area contributed by atoms with E-state index in [2.05, 4.69) is 15.3 Å². The summed E-state index contributed by atoms with van der Waals surface area (Å²) in [4.78, 5) is 6.98. The molecule has 0 amide bonds. The number of hydrogen-bond donors (Lipinski definition) is 1. The van der Waals surface area contributed by atoms with E-state index in [-0.39, 0.29) is 0 Å². The van der Waals surface area contributed by atoms with Gasteiger partial charge in [0.1, 0.15) is 5.82 Å². The maximum absolute atomic E-state index is 4.71. The summed E-state index contributed by atoms with van der Waals surface area (Å²) < 4.78 is 1.97. The zero-order chi connectivity index (χ0) is 11.0. The molecule has 1 aliphatic heterocycles. The van der Waals surface area contributed by atoms with Crippen LogP contribution in [0, 0.1) is 0 Å². The van der Waals surface area contributed by atoms with Crippen molar-refractivity contribution in [1.82, 2.24) is 20.1 Å². The molecule has 88 valence electrons. The van der Waals surface area contributed by atoms with E-state index >= 15 is 0 Å². The standard InChI is InChI=1S/C11H19N5/c1-15-10(9-3-2-4-9)13-11(14-15)16-7-5-12-6-8-16/h9,12H,2-8H2,1H3. The molecule has 1 aromatic heterocycles. The van der Waals surface area contributed by atoms with Crippen LogP contribution in [0.2, 0.25) is 0 Å². The topological polar surface area (TPSA) is 46.0 Å². The lowest BCUT2D eigenvalue weighted by Crippen LogP contribution is -2.44. The minimum absolute atomic E-state index is 0.661. The minimum Gasteiger partial charge on any atom is -0.337 e. The Labute approximate surface area is 95.8 Å². The third kappa shape index (κ3) is 1.69. The zero-order valence-electron chi connectivity index (χ0n) is 9.82. The van der Waals surface area contributed by atoms with Gasteiger partial charge in [-0.05, 0) is 12.8 Å². The molecule has 3 rings (SSSR count). The predicted molar refractivity (Wildman–Crippen MR) is 62.7 cm³/mol. The zero-order valence-corrected chi connectivity index (χ0v) is 9.82. The number of hydrogen-bond acceptors (Lipinski definition) is 4. The van der Waals surface area contributed by atoms with Gasteiger partial charge in [-0.3, -0.25) is 4.68 Å². The fourth-order valence-electron chi connectivity index (χ4n) is 2.40. The Morgan fingerprint density at radius 1 is 1.25 bits per heavy atom. The Kier molecular flexibility index (Phi) is 2.55. The fraction of sp³-hybridized carbons (Fsp3) is 0.818. The summed E-state index contributed by atoms with van der Waals surface area (Å²) in [5.41, 5.74) is 0. The number of nitrogens with zero attached hydrogens (tertiary/aromatic N) is 4. The van der Waals surface area contributed by atoms with Crippen LogP contribution in [-0.4, -0.2) is 40.9 Å². The first-order chi connectivity index (χ1) is 7.84. The van der Waals surface area contributed by atoms with Crippen molar-refractivity contribution in [2.75, 3.05) is 31.1 Å². The molecule has 0 bridgehead atoms. The minimum atomic E-state index is 0.661. The molecule has 0 aromatic carbocycles. The van der Waals surface area contributed by atoms with Gasteiger partial charge in [-0.2, -0.15) is 4.98 Å². The van der Waals surface area contributed by atoms with Crippen molar-refractivity contribution in [2.45, 2.75) is 25.2 Å². The molecule has 5 heteroatoms. The smallest absolute Gasteiger partial charge is 0.245 e. The summed E-state index contributed by atoms with van der Waals surface area (Å²) >= 11 is 0. The molecule has 1 N–H and O–H groups in total. The molecule has 16 heavy (non-hydrogen) atoms. The van der Waals surface area contributed by atoms with Crippen LogP contribution in [0.4, 0.5) is 5.95 Å². The van der Waals surface area contributed by atoms with Gasteiger partial charge in [-0.1, -0.05) is 6.42 Å². The summed E-state index contributed by atoms with van der Waals surface area (Å²) in [6.07, 6.45) is 3.92. The maximum Gasteiger partial charge on any atom is 0.245 e. The van der Waals surface area contributed by atoms with Gasteiger partial charge in [0.15, 0.2) is 0 Å².